The first kappa shape index (κ1) is 14.4. The Bertz CT molecular complexity index is 495. The summed E-state index contributed by atoms with van der Waals surface area (Å²) in [6, 6.07) is 0. The lowest BCUT2D eigenvalue weighted by molar-refractivity contribution is 0.508. The molecule has 0 N–H and O–H groups in total. The highest BCUT2D eigenvalue weighted by Gasteiger charge is 2.17. The van der Waals surface area contributed by atoms with Gasteiger partial charge in [-0.05, 0) is 12.8 Å². The Morgan fingerprint density at radius 2 is 1.79 bits per heavy atom. The van der Waals surface area contributed by atoms with Crippen LogP contribution in [0.2, 0.25) is 0 Å². The van der Waals surface area contributed by atoms with E-state index in [9.17, 15) is 0 Å². The maximum atomic E-state index is 4.54. The van der Waals surface area contributed by atoms with E-state index in [1.165, 1.54) is 50.6 Å². The molecule has 0 fully saturated rings. The van der Waals surface area contributed by atoms with Gasteiger partial charge in [-0.15, -0.1) is 11.3 Å². The van der Waals surface area contributed by atoms with Crippen molar-refractivity contribution in [3.8, 4) is 0 Å². The fraction of sp³-hybridized carbons (Fsp3) is 0.667. The van der Waals surface area contributed by atoms with Crippen molar-refractivity contribution in [2.45, 2.75) is 64.7 Å². The minimum Gasteiger partial charge on any atom is -0.241 e. The lowest BCUT2D eigenvalue weighted by atomic mass is 9.92. The molecule has 19 heavy (non-hydrogen) atoms. The zero-order valence-electron chi connectivity index (χ0n) is 11.9. The molecule has 0 aliphatic carbocycles. The maximum Gasteiger partial charge on any atom is 0.146 e. The van der Waals surface area contributed by atoms with Crippen molar-refractivity contribution >= 4 is 21.7 Å². The Labute approximate surface area is 119 Å². The molecule has 0 spiro atoms. The molecule has 2 heterocycles. The van der Waals surface area contributed by atoms with Crippen LogP contribution in [0.4, 0.5) is 0 Å². The number of hydrogen-bond acceptors (Lipinski definition) is 4. The molecule has 1 unspecified atom stereocenters. The van der Waals surface area contributed by atoms with Gasteiger partial charge in [0, 0.05) is 5.92 Å². The van der Waals surface area contributed by atoms with Crippen LogP contribution in [0, 0.1) is 0 Å². The van der Waals surface area contributed by atoms with Crippen molar-refractivity contribution in [1.29, 1.82) is 0 Å². The van der Waals surface area contributed by atoms with Gasteiger partial charge in [0.2, 0.25) is 0 Å². The van der Waals surface area contributed by atoms with Gasteiger partial charge >= 0.3 is 0 Å². The fourth-order valence-electron chi connectivity index (χ4n) is 2.52. The minimum atomic E-state index is 0.555. The Morgan fingerprint density at radius 1 is 1.00 bits per heavy atom. The van der Waals surface area contributed by atoms with Gasteiger partial charge in [0.25, 0.3) is 0 Å². The molecule has 0 amide bonds. The van der Waals surface area contributed by atoms with E-state index in [-0.39, 0.29) is 0 Å². The van der Waals surface area contributed by atoms with Crippen molar-refractivity contribution in [3.63, 3.8) is 0 Å². The number of hydrogen-bond donors (Lipinski definition) is 0. The van der Waals surface area contributed by atoms with Gasteiger partial charge in [-0.2, -0.15) is 0 Å². The number of thiazole rings is 1. The summed E-state index contributed by atoms with van der Waals surface area (Å²) in [6.07, 6.45) is 10.6. The molecule has 0 aliphatic rings. The molecule has 3 nitrogen and oxygen atoms in total. The SMILES string of the molecule is CCCCCC(CCCC)c1ncnc2scnc12. The number of unbranched alkanes of at least 4 members (excludes halogenated alkanes) is 3. The minimum absolute atomic E-state index is 0.555. The summed E-state index contributed by atoms with van der Waals surface area (Å²) in [5, 5.41) is 0. The second-order valence-corrected chi connectivity index (χ2v) is 5.93. The summed E-state index contributed by atoms with van der Waals surface area (Å²) in [7, 11) is 0. The first-order chi connectivity index (χ1) is 9.36. The van der Waals surface area contributed by atoms with Crippen LogP contribution in [0.25, 0.3) is 10.3 Å². The van der Waals surface area contributed by atoms with E-state index in [1.54, 1.807) is 17.7 Å². The molecule has 2 aromatic rings. The third-order valence-electron chi connectivity index (χ3n) is 3.61. The number of nitrogens with zero attached hydrogens (tertiary/aromatic N) is 3. The predicted molar refractivity (Wildman–Crippen MR) is 81.6 cm³/mol. The molecular formula is C15H23N3S. The average Bonchev–Trinajstić information content (AvgIpc) is 2.91. The van der Waals surface area contributed by atoms with E-state index in [0.717, 1.165) is 10.3 Å². The largest absolute Gasteiger partial charge is 0.241 e. The standard InChI is InChI=1S/C15H23N3S/c1-3-5-7-9-12(8-6-4-2)13-14-15(17-10-16-13)19-11-18-14/h10-12H,3-9H2,1-2H3. The lowest BCUT2D eigenvalue weighted by Crippen LogP contribution is -2.04. The molecule has 104 valence electrons. The van der Waals surface area contributed by atoms with Crippen LogP contribution in [-0.4, -0.2) is 15.0 Å². The molecule has 0 aromatic carbocycles. The molecule has 1 atom stereocenters. The van der Waals surface area contributed by atoms with Crippen molar-refractivity contribution < 1.29 is 0 Å². The second kappa shape index (κ2) is 7.53. The van der Waals surface area contributed by atoms with Crippen LogP contribution in [-0.2, 0) is 0 Å². The highest BCUT2D eigenvalue weighted by molar-refractivity contribution is 7.16. The predicted octanol–water partition coefficient (Wildman–Crippen LogP) is 4.94. The monoisotopic (exact) mass is 277 g/mol. The van der Waals surface area contributed by atoms with Gasteiger partial charge in [-0.3, -0.25) is 0 Å². The van der Waals surface area contributed by atoms with Crippen LogP contribution in [0.5, 0.6) is 0 Å². The van der Waals surface area contributed by atoms with Gasteiger partial charge in [0.05, 0.1) is 11.2 Å². The molecule has 0 radical (unpaired) electrons. The summed E-state index contributed by atoms with van der Waals surface area (Å²) in [4.78, 5) is 14.3. The van der Waals surface area contributed by atoms with Gasteiger partial charge in [-0.1, -0.05) is 46.0 Å². The zero-order valence-corrected chi connectivity index (χ0v) is 12.7. The van der Waals surface area contributed by atoms with Gasteiger partial charge in [0.1, 0.15) is 16.7 Å². The van der Waals surface area contributed by atoms with Crippen molar-refractivity contribution in [3.05, 3.63) is 17.5 Å². The first-order valence-electron chi connectivity index (χ1n) is 7.40. The Morgan fingerprint density at radius 3 is 2.58 bits per heavy atom. The summed E-state index contributed by atoms with van der Waals surface area (Å²) in [5.41, 5.74) is 4.09. The van der Waals surface area contributed by atoms with E-state index in [0.29, 0.717) is 5.92 Å². The van der Waals surface area contributed by atoms with Gasteiger partial charge in [0.15, 0.2) is 0 Å². The molecular weight excluding hydrogens is 254 g/mol. The number of aromatic nitrogens is 3. The van der Waals surface area contributed by atoms with Crippen molar-refractivity contribution in [1.82, 2.24) is 15.0 Å². The Kier molecular flexibility index (Phi) is 5.70. The van der Waals surface area contributed by atoms with E-state index in [2.05, 4.69) is 28.8 Å². The van der Waals surface area contributed by atoms with E-state index >= 15 is 0 Å². The molecule has 0 saturated heterocycles. The van der Waals surface area contributed by atoms with Gasteiger partial charge in [-0.25, -0.2) is 15.0 Å². The molecule has 4 heteroatoms. The normalized spacial score (nSPS) is 12.9. The van der Waals surface area contributed by atoms with Crippen LogP contribution < -0.4 is 0 Å². The topological polar surface area (TPSA) is 38.7 Å². The molecule has 0 aliphatic heterocycles. The molecule has 2 aromatic heterocycles. The quantitative estimate of drug-likeness (QED) is 0.641. The summed E-state index contributed by atoms with van der Waals surface area (Å²) in [6.45, 7) is 4.51. The summed E-state index contributed by atoms with van der Waals surface area (Å²) < 4.78 is 0. The smallest absolute Gasteiger partial charge is 0.146 e. The number of rotatable bonds is 8. The summed E-state index contributed by atoms with van der Waals surface area (Å²) >= 11 is 1.61. The summed E-state index contributed by atoms with van der Waals surface area (Å²) in [5.74, 6) is 0.555. The Hall–Kier alpha value is -1.03. The Balaban J connectivity index is 2.17. The maximum absolute atomic E-state index is 4.54. The van der Waals surface area contributed by atoms with Gasteiger partial charge < -0.3 is 0 Å². The van der Waals surface area contributed by atoms with Crippen molar-refractivity contribution in [2.75, 3.05) is 0 Å². The average molecular weight is 277 g/mol. The van der Waals surface area contributed by atoms with Crippen LogP contribution >= 0.6 is 11.3 Å². The van der Waals surface area contributed by atoms with Crippen LogP contribution in [0.15, 0.2) is 11.8 Å². The lowest BCUT2D eigenvalue weighted by Gasteiger charge is -2.16. The van der Waals surface area contributed by atoms with Crippen LogP contribution in [0.1, 0.15) is 70.4 Å². The number of fused-ring (bicyclic) bond motifs is 1. The first-order valence-corrected chi connectivity index (χ1v) is 8.28. The highest BCUT2D eigenvalue weighted by atomic mass is 32.1. The second-order valence-electron chi connectivity index (χ2n) is 5.10. The fourth-order valence-corrected chi connectivity index (χ4v) is 3.15. The van der Waals surface area contributed by atoms with E-state index in [4.69, 9.17) is 0 Å². The molecule has 2 rings (SSSR count). The molecule has 0 saturated carbocycles. The van der Waals surface area contributed by atoms with E-state index < -0.39 is 0 Å². The van der Waals surface area contributed by atoms with Crippen molar-refractivity contribution in [2.24, 2.45) is 0 Å². The zero-order chi connectivity index (χ0) is 13.5. The highest BCUT2D eigenvalue weighted by Crippen LogP contribution is 2.31. The molecule has 0 bridgehead atoms. The third kappa shape index (κ3) is 3.72. The third-order valence-corrected chi connectivity index (χ3v) is 4.34. The van der Waals surface area contributed by atoms with Crippen LogP contribution in [0.3, 0.4) is 0 Å². The van der Waals surface area contributed by atoms with E-state index in [1.807, 2.05) is 5.51 Å².